The number of fused-ring (bicyclic) bond motifs is 5. The zero-order valence-electron chi connectivity index (χ0n) is 32.3. The number of esters is 2. The van der Waals surface area contributed by atoms with Gasteiger partial charge in [-0.2, -0.15) is 0 Å². The molecule has 0 spiro atoms. The van der Waals surface area contributed by atoms with E-state index in [0.29, 0.717) is 0 Å². The number of phenols is 2. The largest absolute Gasteiger partial charge is 0.507 e. The quantitative estimate of drug-likeness (QED) is 0.167. The topological polar surface area (TPSA) is 283 Å². The van der Waals surface area contributed by atoms with Crippen molar-refractivity contribution in [3.05, 3.63) is 62.7 Å². The molecule has 8 N–H and O–H groups in total. The van der Waals surface area contributed by atoms with Crippen LogP contribution in [0.15, 0.2) is 23.2 Å². The highest BCUT2D eigenvalue weighted by Crippen LogP contribution is 2.57. The molecule has 1 fully saturated rings. The Balaban J connectivity index is 1.63. The Morgan fingerprint density at radius 2 is 1.67 bits per heavy atom. The number of nitrogens with two attached hydrogens (primary N) is 1. The second kappa shape index (κ2) is 14.9. The van der Waals surface area contributed by atoms with Crippen LogP contribution in [0, 0.1) is 6.92 Å². The van der Waals surface area contributed by atoms with E-state index in [0.717, 1.165) is 26.4 Å². The van der Waals surface area contributed by atoms with E-state index in [-0.39, 0.29) is 40.3 Å². The summed E-state index contributed by atoms with van der Waals surface area (Å²) in [6, 6.07) is 2.33. The third-order valence-corrected chi connectivity index (χ3v) is 11.5. The SMILES string of the molecule is CCOC(=O)CCC1(O)C(=N[C@H]2O[C@@H](C)[C@H](OC)[C@@H](O)[C@H]2OC)C=C(N)c2c1cc1c(c2O)C(=O)[C@]2(OC)[C@H](O)Cc3cc(C)c(C(=O)OC)c(O)c3[C@]2(O)C1=O. The third kappa shape index (κ3) is 5.80. The molecule has 0 aromatic heterocycles. The predicted octanol–water partition coefficient (Wildman–Crippen LogP) is 0.183. The lowest BCUT2D eigenvalue weighted by Gasteiger charge is -2.53. The highest BCUT2D eigenvalue weighted by atomic mass is 16.6. The number of aromatic hydroxyl groups is 2. The fourth-order valence-electron chi connectivity index (χ4n) is 8.86. The fraction of sp³-hybridized carbons (Fsp3) is 0.513. The maximum absolute atomic E-state index is 15.0. The van der Waals surface area contributed by atoms with Crippen molar-refractivity contribution in [3.8, 4) is 11.5 Å². The van der Waals surface area contributed by atoms with Gasteiger partial charge in [0.15, 0.2) is 17.4 Å². The Morgan fingerprint density at radius 3 is 2.26 bits per heavy atom. The van der Waals surface area contributed by atoms with Crippen LogP contribution in [-0.2, 0) is 50.8 Å². The number of carbonyl (C=O) groups is 4. The first kappa shape index (κ1) is 41.8. The molecule has 0 bridgehead atoms. The number of ketones is 2. The molecule has 0 saturated carbocycles. The van der Waals surface area contributed by atoms with Gasteiger partial charge in [0.1, 0.15) is 41.0 Å². The van der Waals surface area contributed by atoms with Gasteiger partial charge in [-0.3, -0.25) is 19.4 Å². The van der Waals surface area contributed by atoms with Gasteiger partial charge in [-0.05, 0) is 50.5 Å². The molecular weight excluding hydrogens is 752 g/mol. The van der Waals surface area contributed by atoms with Crippen LogP contribution >= 0.6 is 0 Å². The number of Topliss-reactive ketones (excluding diaryl/α,β-unsaturated/α-hetero) is 2. The van der Waals surface area contributed by atoms with E-state index in [4.69, 9.17) is 34.2 Å². The first-order valence-corrected chi connectivity index (χ1v) is 18.1. The van der Waals surface area contributed by atoms with Crippen molar-refractivity contribution in [3.63, 3.8) is 0 Å². The number of nitrogens with zero attached hydrogens (tertiary/aromatic N) is 1. The number of rotatable bonds is 9. The molecule has 2 aromatic carbocycles. The molecule has 4 aliphatic rings. The van der Waals surface area contributed by atoms with Gasteiger partial charge < -0.3 is 64.8 Å². The Labute approximate surface area is 326 Å². The van der Waals surface area contributed by atoms with Gasteiger partial charge in [-0.25, -0.2) is 4.79 Å². The average molecular weight is 799 g/mol. The van der Waals surface area contributed by atoms with E-state index in [1.807, 2.05) is 0 Å². The third-order valence-electron chi connectivity index (χ3n) is 11.5. The van der Waals surface area contributed by atoms with Crippen LogP contribution in [0.2, 0.25) is 0 Å². The number of carbonyl (C=O) groups excluding carboxylic acids is 4. The number of hydrogen-bond acceptors (Lipinski definition) is 18. The van der Waals surface area contributed by atoms with Crippen molar-refractivity contribution >= 4 is 34.9 Å². The summed E-state index contributed by atoms with van der Waals surface area (Å²) in [5.41, 5.74) is -5.67. The fourth-order valence-corrected chi connectivity index (χ4v) is 8.86. The highest BCUT2D eigenvalue weighted by molar-refractivity contribution is 6.25. The van der Waals surface area contributed by atoms with Crippen molar-refractivity contribution in [1.82, 2.24) is 0 Å². The van der Waals surface area contributed by atoms with Crippen molar-refractivity contribution in [2.45, 2.75) is 93.6 Å². The standard InChI is InChI=1S/C39H46N2O16/c1-8-56-23(43)9-10-37(50)19-13-18-25(28(44)26(19)20(40)14-21(37)41-35-32(53-5)30(46)31(52-4)16(3)57-35)34(48)39(55-7)22(42)12-17-11-15(2)24(36(49)54-6)29(45)27(17)38(39,51)33(18)47/h11,13-14,16,22,30-32,35,42,44-46,50-51H,8-10,12,40H2,1-7H3/t16-,22+,30+,31-,32+,35-,37?,38-,39+/m0/s1. The van der Waals surface area contributed by atoms with Gasteiger partial charge in [0.2, 0.25) is 11.6 Å². The molecule has 9 atom stereocenters. The number of aliphatic hydroxyl groups excluding tert-OH is 2. The van der Waals surface area contributed by atoms with E-state index in [2.05, 4.69) is 4.99 Å². The summed E-state index contributed by atoms with van der Waals surface area (Å²) in [6.45, 7) is 4.66. The first-order chi connectivity index (χ1) is 26.8. The zero-order chi connectivity index (χ0) is 42.1. The molecule has 3 aliphatic carbocycles. The average Bonchev–Trinajstić information content (AvgIpc) is 3.15. The van der Waals surface area contributed by atoms with Gasteiger partial charge in [-0.15, -0.1) is 0 Å². The van der Waals surface area contributed by atoms with Crippen LogP contribution in [0.4, 0.5) is 0 Å². The van der Waals surface area contributed by atoms with Crippen LogP contribution in [0.25, 0.3) is 5.70 Å². The van der Waals surface area contributed by atoms with Crippen molar-refractivity contribution < 1.29 is 78.2 Å². The van der Waals surface area contributed by atoms with Crippen LogP contribution < -0.4 is 5.73 Å². The van der Waals surface area contributed by atoms with Gasteiger partial charge in [0, 0.05) is 62.1 Å². The van der Waals surface area contributed by atoms with E-state index < -0.39 is 130 Å². The summed E-state index contributed by atoms with van der Waals surface area (Å²) < 4.78 is 32.5. The van der Waals surface area contributed by atoms with Gasteiger partial charge >= 0.3 is 11.9 Å². The van der Waals surface area contributed by atoms with Crippen LogP contribution in [0.1, 0.15) is 85.6 Å². The van der Waals surface area contributed by atoms with Crippen molar-refractivity contribution in [2.75, 3.05) is 35.0 Å². The summed E-state index contributed by atoms with van der Waals surface area (Å²) in [6.07, 6.45) is -7.52. The van der Waals surface area contributed by atoms with Crippen LogP contribution in [0.5, 0.6) is 11.5 Å². The van der Waals surface area contributed by atoms with Crippen molar-refractivity contribution in [1.29, 1.82) is 0 Å². The molecule has 1 saturated heterocycles. The molecule has 308 valence electrons. The zero-order valence-corrected chi connectivity index (χ0v) is 32.3. The number of ether oxygens (including phenoxy) is 6. The second-order valence-electron chi connectivity index (χ2n) is 14.4. The Kier molecular flexibility index (Phi) is 10.9. The maximum atomic E-state index is 15.0. The normalized spacial score (nSPS) is 32.5. The lowest BCUT2D eigenvalue weighted by atomic mass is 9.56. The lowest BCUT2D eigenvalue weighted by molar-refractivity contribution is -0.228. The number of aryl methyl sites for hydroxylation is 1. The summed E-state index contributed by atoms with van der Waals surface area (Å²) in [5.74, 6) is -6.32. The minimum Gasteiger partial charge on any atom is -0.507 e. The second-order valence-corrected chi connectivity index (χ2v) is 14.4. The van der Waals surface area contributed by atoms with Crippen LogP contribution in [0.3, 0.4) is 0 Å². The van der Waals surface area contributed by atoms with E-state index >= 15 is 4.79 Å². The summed E-state index contributed by atoms with van der Waals surface area (Å²) in [5, 5.41) is 71.8. The monoisotopic (exact) mass is 798 g/mol. The number of benzene rings is 2. The molecule has 1 heterocycles. The minimum atomic E-state index is -3.26. The molecule has 1 aliphatic heterocycles. The molecule has 1 unspecified atom stereocenters. The molecule has 18 nitrogen and oxygen atoms in total. The Hall–Kier alpha value is -4.79. The lowest BCUT2D eigenvalue weighted by Crippen LogP contribution is -2.73. The number of aliphatic imine (C=N–C) groups is 1. The molecule has 57 heavy (non-hydrogen) atoms. The molecule has 6 rings (SSSR count). The summed E-state index contributed by atoms with van der Waals surface area (Å²) in [4.78, 5) is 60.0. The van der Waals surface area contributed by atoms with E-state index in [1.54, 1.807) is 13.8 Å². The molecule has 0 amide bonds. The van der Waals surface area contributed by atoms with Gasteiger partial charge in [0.25, 0.3) is 0 Å². The van der Waals surface area contributed by atoms with Gasteiger partial charge in [-0.1, -0.05) is 6.07 Å². The molecular formula is C39H46N2O16. The first-order valence-electron chi connectivity index (χ1n) is 18.1. The Morgan fingerprint density at radius 1 is 1.00 bits per heavy atom. The molecule has 2 aromatic rings. The van der Waals surface area contributed by atoms with E-state index in [1.165, 1.54) is 27.2 Å². The Bertz CT molecular complexity index is 2110. The number of phenolic OH excluding ortho intramolecular Hbond substituents is 2. The number of aliphatic hydroxyl groups is 4. The summed E-state index contributed by atoms with van der Waals surface area (Å²) >= 11 is 0. The predicted molar refractivity (Wildman–Crippen MR) is 196 cm³/mol. The maximum Gasteiger partial charge on any atom is 0.341 e. The molecule has 0 radical (unpaired) electrons. The summed E-state index contributed by atoms with van der Waals surface area (Å²) in [7, 11) is 4.66. The molecule has 18 heteroatoms. The smallest absolute Gasteiger partial charge is 0.341 e. The minimum absolute atomic E-state index is 0.00561. The number of methoxy groups -OCH3 is 4. The van der Waals surface area contributed by atoms with Gasteiger partial charge in [0.05, 0.1) is 37.2 Å². The highest BCUT2D eigenvalue weighted by Gasteiger charge is 2.73. The van der Waals surface area contributed by atoms with Crippen molar-refractivity contribution in [2.24, 2.45) is 10.7 Å². The van der Waals surface area contributed by atoms with Crippen LogP contribution in [-0.4, -0.2) is 137 Å². The number of hydrogen-bond donors (Lipinski definition) is 7. The van der Waals surface area contributed by atoms with E-state index in [9.17, 15) is 45.0 Å².